The van der Waals surface area contributed by atoms with Crippen molar-refractivity contribution in [1.29, 1.82) is 0 Å². The fraction of sp³-hybridized carbons (Fsp3) is 0.273. The highest BCUT2D eigenvalue weighted by Gasteiger charge is 2.09. The van der Waals surface area contributed by atoms with Crippen molar-refractivity contribution < 1.29 is 9.47 Å². The summed E-state index contributed by atoms with van der Waals surface area (Å²) in [4.78, 5) is 10.8. The van der Waals surface area contributed by atoms with Gasteiger partial charge in [0, 0.05) is 57.9 Å². The fourth-order valence-electron chi connectivity index (χ4n) is 2.91. The second-order valence-corrected chi connectivity index (χ2v) is 6.65. The summed E-state index contributed by atoms with van der Waals surface area (Å²) < 4.78 is 13.1. The first-order valence-electron chi connectivity index (χ1n) is 9.38. The molecule has 0 saturated heterocycles. The summed E-state index contributed by atoms with van der Waals surface area (Å²) in [6.07, 6.45) is 3.84. The lowest BCUT2D eigenvalue weighted by molar-refractivity contribution is 0.407. The number of rotatable bonds is 7. The average molecular weight is 393 g/mol. The van der Waals surface area contributed by atoms with Crippen LogP contribution in [0, 0.1) is 0 Å². The van der Waals surface area contributed by atoms with Crippen molar-refractivity contribution in [3.63, 3.8) is 0 Å². The summed E-state index contributed by atoms with van der Waals surface area (Å²) in [7, 11) is 7.48. The quantitative estimate of drug-likeness (QED) is 0.492. The van der Waals surface area contributed by atoms with Gasteiger partial charge in [0.1, 0.15) is 11.5 Å². The van der Waals surface area contributed by atoms with Crippen molar-refractivity contribution in [3.8, 4) is 17.4 Å². The molecule has 0 aliphatic rings. The van der Waals surface area contributed by atoms with Crippen molar-refractivity contribution in [2.75, 3.05) is 21.2 Å². The maximum absolute atomic E-state index is 5.78. The molecule has 7 heteroatoms. The van der Waals surface area contributed by atoms with Crippen LogP contribution in [0.3, 0.4) is 0 Å². The number of guanidine groups is 1. The van der Waals surface area contributed by atoms with E-state index in [4.69, 9.17) is 9.47 Å². The molecule has 2 aromatic heterocycles. The standard InChI is InChI=1S/C22H27N5O2/c1-23-22(27(3)16-18-7-6-12-26(18)2)25-15-17-10-11-21(24-14-17)29-20-9-5-8-19(13-20)28-4/h5-14H,15-16H2,1-4H3,(H,23,25). The Bertz CT molecular complexity index is 950. The molecule has 0 saturated carbocycles. The van der Waals surface area contributed by atoms with Crippen LogP contribution in [0.5, 0.6) is 17.4 Å². The monoisotopic (exact) mass is 393 g/mol. The Morgan fingerprint density at radius 3 is 2.66 bits per heavy atom. The molecule has 3 aromatic rings. The van der Waals surface area contributed by atoms with Crippen LogP contribution in [0.1, 0.15) is 11.3 Å². The normalized spacial score (nSPS) is 11.2. The molecule has 0 radical (unpaired) electrons. The zero-order chi connectivity index (χ0) is 20.6. The molecule has 152 valence electrons. The molecule has 0 atom stereocenters. The van der Waals surface area contributed by atoms with Gasteiger partial charge in [0.2, 0.25) is 5.88 Å². The summed E-state index contributed by atoms with van der Waals surface area (Å²) in [6.45, 7) is 1.39. The van der Waals surface area contributed by atoms with Gasteiger partial charge in [-0.05, 0) is 29.8 Å². The number of aromatic nitrogens is 2. The van der Waals surface area contributed by atoms with E-state index in [9.17, 15) is 0 Å². The Hall–Kier alpha value is -3.48. The molecule has 0 unspecified atom stereocenters. The van der Waals surface area contributed by atoms with Crippen LogP contribution in [-0.2, 0) is 20.1 Å². The summed E-state index contributed by atoms with van der Waals surface area (Å²) in [5, 5.41) is 3.37. The van der Waals surface area contributed by atoms with E-state index in [-0.39, 0.29) is 0 Å². The van der Waals surface area contributed by atoms with Gasteiger partial charge in [-0.15, -0.1) is 0 Å². The average Bonchev–Trinajstić information content (AvgIpc) is 3.14. The van der Waals surface area contributed by atoms with Crippen molar-refractivity contribution >= 4 is 5.96 Å². The molecule has 0 aliphatic heterocycles. The Morgan fingerprint density at radius 2 is 2.00 bits per heavy atom. The maximum atomic E-state index is 5.78. The number of pyridine rings is 1. The molecular formula is C22H27N5O2. The molecule has 0 spiro atoms. The van der Waals surface area contributed by atoms with Gasteiger partial charge < -0.3 is 24.3 Å². The minimum atomic E-state index is 0.534. The number of aliphatic imine (C=N–C) groups is 1. The van der Waals surface area contributed by atoms with E-state index in [1.54, 1.807) is 20.4 Å². The highest BCUT2D eigenvalue weighted by molar-refractivity contribution is 5.79. The third kappa shape index (κ3) is 5.51. The van der Waals surface area contributed by atoms with Gasteiger partial charge in [-0.2, -0.15) is 0 Å². The Morgan fingerprint density at radius 1 is 1.17 bits per heavy atom. The predicted molar refractivity (Wildman–Crippen MR) is 114 cm³/mol. The van der Waals surface area contributed by atoms with E-state index in [2.05, 4.69) is 30.8 Å². The Labute approximate surface area is 171 Å². The summed E-state index contributed by atoms with van der Waals surface area (Å²) in [5.41, 5.74) is 2.26. The van der Waals surface area contributed by atoms with Crippen LogP contribution in [-0.4, -0.2) is 41.6 Å². The number of hydrogen-bond donors (Lipinski definition) is 1. The molecular weight excluding hydrogens is 366 g/mol. The highest BCUT2D eigenvalue weighted by Crippen LogP contribution is 2.23. The topological polar surface area (TPSA) is 63.9 Å². The number of aryl methyl sites for hydroxylation is 1. The number of hydrogen-bond acceptors (Lipinski definition) is 4. The van der Waals surface area contributed by atoms with Crippen LogP contribution < -0.4 is 14.8 Å². The smallest absolute Gasteiger partial charge is 0.219 e. The molecule has 0 amide bonds. The maximum Gasteiger partial charge on any atom is 0.219 e. The Kier molecular flexibility index (Phi) is 6.73. The molecule has 2 heterocycles. The predicted octanol–water partition coefficient (Wildman–Crippen LogP) is 3.43. The number of nitrogens with zero attached hydrogens (tertiary/aromatic N) is 4. The van der Waals surface area contributed by atoms with Gasteiger partial charge >= 0.3 is 0 Å². The van der Waals surface area contributed by atoms with Crippen molar-refractivity contribution in [1.82, 2.24) is 19.8 Å². The molecule has 1 aromatic carbocycles. The Balaban J connectivity index is 1.55. The summed E-state index contributed by atoms with van der Waals surface area (Å²) in [5.74, 6) is 2.79. The molecule has 7 nitrogen and oxygen atoms in total. The third-order valence-electron chi connectivity index (χ3n) is 4.54. The van der Waals surface area contributed by atoms with Crippen LogP contribution in [0.25, 0.3) is 0 Å². The van der Waals surface area contributed by atoms with Gasteiger partial charge in [-0.25, -0.2) is 4.98 Å². The van der Waals surface area contributed by atoms with E-state index in [1.807, 2.05) is 62.8 Å². The molecule has 0 aliphatic carbocycles. The van der Waals surface area contributed by atoms with E-state index >= 15 is 0 Å². The van der Waals surface area contributed by atoms with Gasteiger partial charge in [0.05, 0.1) is 13.7 Å². The van der Waals surface area contributed by atoms with Crippen LogP contribution in [0.4, 0.5) is 0 Å². The lowest BCUT2D eigenvalue weighted by atomic mass is 10.3. The van der Waals surface area contributed by atoms with Gasteiger partial charge in [-0.1, -0.05) is 12.1 Å². The lowest BCUT2D eigenvalue weighted by Crippen LogP contribution is -2.38. The van der Waals surface area contributed by atoms with Crippen molar-refractivity contribution in [2.24, 2.45) is 12.0 Å². The number of methoxy groups -OCH3 is 1. The first-order valence-corrected chi connectivity index (χ1v) is 9.38. The van der Waals surface area contributed by atoms with E-state index in [0.717, 1.165) is 23.8 Å². The zero-order valence-corrected chi connectivity index (χ0v) is 17.3. The molecule has 29 heavy (non-hydrogen) atoms. The summed E-state index contributed by atoms with van der Waals surface area (Å²) in [6, 6.07) is 15.4. The molecule has 3 rings (SSSR count). The van der Waals surface area contributed by atoms with E-state index in [1.165, 1.54) is 5.69 Å². The van der Waals surface area contributed by atoms with E-state index in [0.29, 0.717) is 18.2 Å². The van der Waals surface area contributed by atoms with Crippen molar-refractivity contribution in [2.45, 2.75) is 13.1 Å². The number of ether oxygens (including phenoxy) is 2. The second kappa shape index (κ2) is 9.64. The molecule has 0 fully saturated rings. The second-order valence-electron chi connectivity index (χ2n) is 6.65. The van der Waals surface area contributed by atoms with Crippen LogP contribution in [0.2, 0.25) is 0 Å². The fourth-order valence-corrected chi connectivity index (χ4v) is 2.91. The van der Waals surface area contributed by atoms with E-state index < -0.39 is 0 Å². The zero-order valence-electron chi connectivity index (χ0n) is 17.3. The first-order chi connectivity index (χ1) is 14.1. The molecule has 1 N–H and O–H groups in total. The molecule has 0 bridgehead atoms. The minimum absolute atomic E-state index is 0.534. The van der Waals surface area contributed by atoms with Crippen LogP contribution in [0.15, 0.2) is 65.9 Å². The number of benzene rings is 1. The van der Waals surface area contributed by atoms with Crippen LogP contribution >= 0.6 is 0 Å². The lowest BCUT2D eigenvalue weighted by Gasteiger charge is -2.22. The minimum Gasteiger partial charge on any atom is -0.497 e. The number of nitrogens with one attached hydrogen (secondary N) is 1. The van der Waals surface area contributed by atoms with Gasteiger partial charge in [-0.3, -0.25) is 4.99 Å². The summed E-state index contributed by atoms with van der Waals surface area (Å²) >= 11 is 0. The van der Waals surface area contributed by atoms with Gasteiger partial charge in [0.15, 0.2) is 5.96 Å². The highest BCUT2D eigenvalue weighted by atomic mass is 16.5. The third-order valence-corrected chi connectivity index (χ3v) is 4.54. The first kappa shape index (κ1) is 20.3. The largest absolute Gasteiger partial charge is 0.497 e. The SMILES string of the molecule is CN=C(NCc1ccc(Oc2cccc(OC)c2)nc1)N(C)Cc1cccn1C. The van der Waals surface area contributed by atoms with Crippen molar-refractivity contribution in [3.05, 3.63) is 72.2 Å². The van der Waals surface area contributed by atoms with Gasteiger partial charge in [0.25, 0.3) is 0 Å².